The number of nitrogens with one attached hydrogen (secondary N) is 2. The van der Waals surface area contributed by atoms with Gasteiger partial charge in [-0.05, 0) is 43.7 Å². The molecule has 3 nitrogen and oxygen atoms in total. The third kappa shape index (κ3) is 2.44. The van der Waals surface area contributed by atoms with Gasteiger partial charge >= 0.3 is 0 Å². The summed E-state index contributed by atoms with van der Waals surface area (Å²) in [6.45, 7) is 5.06. The summed E-state index contributed by atoms with van der Waals surface area (Å²) in [6.07, 6.45) is 2.01. The van der Waals surface area contributed by atoms with E-state index in [2.05, 4.69) is 35.9 Å². The number of aryl methyl sites for hydroxylation is 1. The van der Waals surface area contributed by atoms with Crippen LogP contribution in [0.5, 0.6) is 0 Å². The molecular formula is C12H18N2OS. The maximum absolute atomic E-state index is 11.6. The molecule has 2 unspecified atom stereocenters. The van der Waals surface area contributed by atoms with Crippen LogP contribution in [0.1, 0.15) is 36.2 Å². The second kappa shape index (κ2) is 4.97. The van der Waals surface area contributed by atoms with Gasteiger partial charge in [0.2, 0.25) is 5.91 Å². The Labute approximate surface area is 100 Å². The average molecular weight is 238 g/mol. The first-order valence-corrected chi connectivity index (χ1v) is 6.64. The van der Waals surface area contributed by atoms with Gasteiger partial charge in [0, 0.05) is 17.5 Å². The molecule has 0 saturated carbocycles. The molecule has 0 aliphatic carbocycles. The maximum atomic E-state index is 11.6. The molecule has 2 rings (SSSR count). The van der Waals surface area contributed by atoms with Crippen LogP contribution in [0.2, 0.25) is 0 Å². The van der Waals surface area contributed by atoms with Gasteiger partial charge in [0.1, 0.15) is 0 Å². The standard InChI is InChI=1S/C12H18N2OS/c1-8-5-7-16-11(8)9(2)14-10-4-3-6-13-12(10)15/h5,7,9-10,14H,3-4,6H2,1-2H3,(H,13,15). The molecule has 1 fully saturated rings. The lowest BCUT2D eigenvalue weighted by Gasteiger charge is -2.26. The molecule has 4 heteroatoms. The van der Waals surface area contributed by atoms with Gasteiger partial charge in [0.15, 0.2) is 0 Å². The number of carbonyl (C=O) groups excluding carboxylic acids is 1. The van der Waals surface area contributed by atoms with Crippen LogP contribution < -0.4 is 10.6 Å². The van der Waals surface area contributed by atoms with Crippen molar-refractivity contribution in [3.8, 4) is 0 Å². The first kappa shape index (κ1) is 11.6. The van der Waals surface area contributed by atoms with E-state index in [1.165, 1.54) is 10.4 Å². The molecule has 1 aromatic rings. The number of carbonyl (C=O) groups is 1. The van der Waals surface area contributed by atoms with Gasteiger partial charge < -0.3 is 5.32 Å². The van der Waals surface area contributed by atoms with Crippen molar-refractivity contribution in [2.45, 2.75) is 38.8 Å². The monoisotopic (exact) mass is 238 g/mol. The minimum atomic E-state index is -0.0229. The number of thiophene rings is 1. The molecule has 1 saturated heterocycles. The normalized spacial score (nSPS) is 22.9. The highest BCUT2D eigenvalue weighted by molar-refractivity contribution is 7.10. The molecule has 0 spiro atoms. The van der Waals surface area contributed by atoms with Crippen LogP contribution in [0, 0.1) is 6.92 Å². The van der Waals surface area contributed by atoms with E-state index in [9.17, 15) is 4.79 Å². The molecule has 1 aromatic heterocycles. The van der Waals surface area contributed by atoms with E-state index in [4.69, 9.17) is 0 Å². The first-order valence-electron chi connectivity index (χ1n) is 5.76. The Morgan fingerprint density at radius 2 is 2.44 bits per heavy atom. The van der Waals surface area contributed by atoms with Crippen LogP contribution in [0.3, 0.4) is 0 Å². The van der Waals surface area contributed by atoms with Crippen molar-refractivity contribution >= 4 is 17.2 Å². The average Bonchev–Trinajstić information content (AvgIpc) is 2.68. The highest BCUT2D eigenvalue weighted by atomic mass is 32.1. The van der Waals surface area contributed by atoms with E-state index in [0.717, 1.165) is 19.4 Å². The molecule has 2 N–H and O–H groups in total. The summed E-state index contributed by atoms with van der Waals surface area (Å²) >= 11 is 1.75. The number of hydrogen-bond acceptors (Lipinski definition) is 3. The number of amides is 1. The molecule has 1 aliphatic rings. The number of rotatable bonds is 3. The summed E-state index contributed by atoms with van der Waals surface area (Å²) in [4.78, 5) is 12.9. The molecule has 2 atom stereocenters. The molecule has 1 aliphatic heterocycles. The highest BCUT2D eigenvalue weighted by Gasteiger charge is 2.24. The van der Waals surface area contributed by atoms with Gasteiger partial charge in [-0.1, -0.05) is 0 Å². The van der Waals surface area contributed by atoms with E-state index in [1.807, 2.05) is 0 Å². The lowest BCUT2D eigenvalue weighted by molar-refractivity contribution is -0.124. The Bertz CT molecular complexity index is 375. The zero-order valence-corrected chi connectivity index (χ0v) is 10.6. The Morgan fingerprint density at radius 3 is 3.06 bits per heavy atom. The van der Waals surface area contributed by atoms with Crippen molar-refractivity contribution in [1.29, 1.82) is 0 Å². The minimum absolute atomic E-state index is 0.0229. The second-order valence-electron chi connectivity index (χ2n) is 4.34. The smallest absolute Gasteiger partial charge is 0.237 e. The van der Waals surface area contributed by atoms with Crippen LogP contribution in [0.15, 0.2) is 11.4 Å². The van der Waals surface area contributed by atoms with Crippen LogP contribution in [-0.2, 0) is 4.79 Å². The summed E-state index contributed by atoms with van der Waals surface area (Å²) < 4.78 is 0. The van der Waals surface area contributed by atoms with Gasteiger partial charge in [0.05, 0.1) is 6.04 Å². The summed E-state index contributed by atoms with van der Waals surface area (Å²) in [6, 6.07) is 2.36. The molecule has 16 heavy (non-hydrogen) atoms. The Hall–Kier alpha value is -0.870. The van der Waals surface area contributed by atoms with Gasteiger partial charge in [0.25, 0.3) is 0 Å². The van der Waals surface area contributed by atoms with E-state index < -0.39 is 0 Å². The number of hydrogen-bond donors (Lipinski definition) is 2. The lowest BCUT2D eigenvalue weighted by atomic mass is 10.0. The predicted octanol–water partition coefficient (Wildman–Crippen LogP) is 1.99. The maximum Gasteiger partial charge on any atom is 0.237 e. The topological polar surface area (TPSA) is 41.1 Å². The van der Waals surface area contributed by atoms with Crippen LogP contribution >= 0.6 is 11.3 Å². The minimum Gasteiger partial charge on any atom is -0.355 e. The van der Waals surface area contributed by atoms with Gasteiger partial charge in [-0.2, -0.15) is 0 Å². The molecule has 0 bridgehead atoms. The SMILES string of the molecule is Cc1ccsc1C(C)NC1CCCNC1=O. The third-order valence-electron chi connectivity index (χ3n) is 3.03. The second-order valence-corrected chi connectivity index (χ2v) is 5.29. The molecule has 1 amide bonds. The Kier molecular flexibility index (Phi) is 3.61. The van der Waals surface area contributed by atoms with Crippen molar-refractivity contribution in [1.82, 2.24) is 10.6 Å². The fraction of sp³-hybridized carbons (Fsp3) is 0.583. The van der Waals surface area contributed by atoms with Crippen molar-refractivity contribution < 1.29 is 4.79 Å². The summed E-state index contributed by atoms with van der Waals surface area (Å²) in [7, 11) is 0. The lowest BCUT2D eigenvalue weighted by Crippen LogP contribution is -2.48. The summed E-state index contributed by atoms with van der Waals surface area (Å²) in [5, 5.41) is 8.41. The van der Waals surface area contributed by atoms with Crippen LogP contribution in [0.25, 0.3) is 0 Å². The van der Waals surface area contributed by atoms with Crippen molar-refractivity contribution in [2.24, 2.45) is 0 Å². The Balaban J connectivity index is 1.99. The van der Waals surface area contributed by atoms with Gasteiger partial charge in [-0.15, -0.1) is 11.3 Å². The third-order valence-corrected chi connectivity index (χ3v) is 4.23. The quantitative estimate of drug-likeness (QED) is 0.845. The molecule has 0 radical (unpaired) electrons. The van der Waals surface area contributed by atoms with E-state index >= 15 is 0 Å². The zero-order chi connectivity index (χ0) is 11.5. The summed E-state index contributed by atoms with van der Waals surface area (Å²) in [5.74, 6) is 0.146. The van der Waals surface area contributed by atoms with Crippen LogP contribution in [-0.4, -0.2) is 18.5 Å². The van der Waals surface area contributed by atoms with Crippen molar-refractivity contribution in [2.75, 3.05) is 6.54 Å². The van der Waals surface area contributed by atoms with E-state index in [0.29, 0.717) is 0 Å². The van der Waals surface area contributed by atoms with Gasteiger partial charge in [-0.25, -0.2) is 0 Å². The fourth-order valence-electron chi connectivity index (χ4n) is 2.14. The van der Waals surface area contributed by atoms with Crippen molar-refractivity contribution in [3.63, 3.8) is 0 Å². The fourth-order valence-corrected chi connectivity index (χ4v) is 3.08. The molecular weight excluding hydrogens is 220 g/mol. The first-order chi connectivity index (χ1) is 7.68. The Morgan fingerprint density at radius 1 is 1.62 bits per heavy atom. The molecule has 2 heterocycles. The van der Waals surface area contributed by atoms with E-state index in [-0.39, 0.29) is 18.0 Å². The van der Waals surface area contributed by atoms with Crippen molar-refractivity contribution in [3.05, 3.63) is 21.9 Å². The predicted molar refractivity (Wildman–Crippen MR) is 66.6 cm³/mol. The molecule has 0 aromatic carbocycles. The van der Waals surface area contributed by atoms with Crippen LogP contribution in [0.4, 0.5) is 0 Å². The molecule has 88 valence electrons. The largest absolute Gasteiger partial charge is 0.355 e. The summed E-state index contributed by atoms with van der Waals surface area (Å²) in [5.41, 5.74) is 1.31. The zero-order valence-electron chi connectivity index (χ0n) is 9.75. The highest BCUT2D eigenvalue weighted by Crippen LogP contribution is 2.24. The number of piperidine rings is 1. The van der Waals surface area contributed by atoms with E-state index in [1.54, 1.807) is 11.3 Å². The van der Waals surface area contributed by atoms with Gasteiger partial charge in [-0.3, -0.25) is 10.1 Å².